The molecular formula is C12H8ClFN2O3. The number of rotatable bonds is 3. The minimum Gasteiger partial charge on any atom is -0.457 e. The summed E-state index contributed by atoms with van der Waals surface area (Å²) in [5, 5.41) is 10.6. The average Bonchev–Trinajstić information content (AvgIpc) is 2.33. The number of ether oxygens (including phenoxy) is 1. The molecule has 0 aliphatic heterocycles. The number of nitrogens with two attached hydrogens (primary N) is 1. The number of nitrogens with zero attached hydrogens (tertiary/aromatic N) is 1. The van der Waals surface area contributed by atoms with Crippen molar-refractivity contribution >= 4 is 23.0 Å². The standard InChI is InChI=1S/C12H8ClFN2O3/c13-9-3-1-7(5-10(9)14)19-8-2-4-12(16(17)18)11(15)6-8/h1-6H,15H2. The second-order valence-corrected chi connectivity index (χ2v) is 4.06. The van der Waals surface area contributed by atoms with Crippen LogP contribution < -0.4 is 10.5 Å². The first kappa shape index (κ1) is 13.1. The summed E-state index contributed by atoms with van der Waals surface area (Å²) in [7, 11) is 0. The van der Waals surface area contributed by atoms with Gasteiger partial charge >= 0.3 is 0 Å². The van der Waals surface area contributed by atoms with Crippen LogP contribution in [0.1, 0.15) is 0 Å². The summed E-state index contributed by atoms with van der Waals surface area (Å²) in [4.78, 5) is 10.00. The summed E-state index contributed by atoms with van der Waals surface area (Å²) in [5.74, 6) is -0.131. The van der Waals surface area contributed by atoms with Gasteiger partial charge in [-0.25, -0.2) is 4.39 Å². The Balaban J connectivity index is 2.26. The molecule has 19 heavy (non-hydrogen) atoms. The van der Waals surface area contributed by atoms with Crippen LogP contribution >= 0.6 is 11.6 Å². The molecule has 0 aliphatic rings. The van der Waals surface area contributed by atoms with Crippen LogP contribution in [0.25, 0.3) is 0 Å². The molecule has 98 valence electrons. The first-order chi connectivity index (χ1) is 8.97. The van der Waals surface area contributed by atoms with E-state index in [9.17, 15) is 14.5 Å². The Morgan fingerprint density at radius 2 is 1.84 bits per heavy atom. The molecular weight excluding hydrogens is 275 g/mol. The summed E-state index contributed by atoms with van der Waals surface area (Å²) in [6.07, 6.45) is 0. The lowest BCUT2D eigenvalue weighted by Gasteiger charge is -2.07. The zero-order chi connectivity index (χ0) is 14.0. The van der Waals surface area contributed by atoms with Gasteiger partial charge in [0.2, 0.25) is 0 Å². The van der Waals surface area contributed by atoms with E-state index >= 15 is 0 Å². The number of benzene rings is 2. The molecule has 0 amide bonds. The van der Waals surface area contributed by atoms with Crippen LogP contribution in [-0.2, 0) is 0 Å². The normalized spacial score (nSPS) is 10.2. The highest BCUT2D eigenvalue weighted by Gasteiger charge is 2.12. The van der Waals surface area contributed by atoms with Gasteiger partial charge in [0.05, 0.1) is 9.95 Å². The van der Waals surface area contributed by atoms with E-state index < -0.39 is 10.7 Å². The Bertz CT molecular complexity index is 649. The van der Waals surface area contributed by atoms with Crippen LogP contribution in [0.5, 0.6) is 11.5 Å². The first-order valence-electron chi connectivity index (χ1n) is 5.14. The monoisotopic (exact) mass is 282 g/mol. The smallest absolute Gasteiger partial charge is 0.292 e. The lowest BCUT2D eigenvalue weighted by atomic mass is 10.2. The van der Waals surface area contributed by atoms with Gasteiger partial charge in [0, 0.05) is 18.2 Å². The molecule has 0 saturated heterocycles. The van der Waals surface area contributed by atoms with Crippen molar-refractivity contribution < 1.29 is 14.1 Å². The summed E-state index contributed by atoms with van der Waals surface area (Å²) in [6.45, 7) is 0. The Hall–Kier alpha value is -2.34. The molecule has 0 saturated carbocycles. The summed E-state index contributed by atoms with van der Waals surface area (Å²) in [5.41, 5.74) is 5.27. The molecule has 0 unspecified atom stereocenters. The van der Waals surface area contributed by atoms with E-state index in [-0.39, 0.29) is 27.9 Å². The van der Waals surface area contributed by atoms with Crippen LogP contribution in [0, 0.1) is 15.9 Å². The highest BCUT2D eigenvalue weighted by atomic mass is 35.5. The number of nitro benzene ring substituents is 1. The Labute approximate surface area is 112 Å². The van der Waals surface area contributed by atoms with E-state index in [1.165, 1.54) is 30.3 Å². The fourth-order valence-corrected chi connectivity index (χ4v) is 1.56. The van der Waals surface area contributed by atoms with Gasteiger partial charge in [-0.15, -0.1) is 0 Å². The topological polar surface area (TPSA) is 78.4 Å². The highest BCUT2D eigenvalue weighted by molar-refractivity contribution is 6.30. The third kappa shape index (κ3) is 2.92. The molecule has 0 heterocycles. The number of anilines is 1. The fraction of sp³-hybridized carbons (Fsp3) is 0. The highest BCUT2D eigenvalue weighted by Crippen LogP contribution is 2.30. The number of halogens is 2. The van der Waals surface area contributed by atoms with Crippen LogP contribution in [-0.4, -0.2) is 4.92 Å². The first-order valence-corrected chi connectivity index (χ1v) is 5.52. The Morgan fingerprint density at radius 3 is 2.42 bits per heavy atom. The van der Waals surface area contributed by atoms with E-state index in [0.717, 1.165) is 6.07 Å². The van der Waals surface area contributed by atoms with E-state index in [1.807, 2.05) is 0 Å². The van der Waals surface area contributed by atoms with Crippen molar-refractivity contribution in [3.8, 4) is 11.5 Å². The maximum Gasteiger partial charge on any atom is 0.292 e. The quantitative estimate of drug-likeness (QED) is 0.528. The van der Waals surface area contributed by atoms with Crippen molar-refractivity contribution in [3.63, 3.8) is 0 Å². The third-order valence-corrected chi connectivity index (χ3v) is 2.63. The lowest BCUT2D eigenvalue weighted by molar-refractivity contribution is -0.383. The largest absolute Gasteiger partial charge is 0.457 e. The van der Waals surface area contributed by atoms with Crippen LogP contribution in [0.15, 0.2) is 36.4 Å². The van der Waals surface area contributed by atoms with Crippen molar-refractivity contribution in [1.82, 2.24) is 0 Å². The van der Waals surface area contributed by atoms with Gasteiger partial charge in [0.15, 0.2) is 0 Å². The third-order valence-electron chi connectivity index (χ3n) is 2.32. The van der Waals surface area contributed by atoms with E-state index in [1.54, 1.807) is 0 Å². The maximum absolute atomic E-state index is 13.2. The van der Waals surface area contributed by atoms with Crippen molar-refractivity contribution in [3.05, 3.63) is 57.4 Å². The molecule has 2 rings (SSSR count). The van der Waals surface area contributed by atoms with Gasteiger partial charge in [-0.1, -0.05) is 11.6 Å². The second kappa shape index (κ2) is 5.11. The Kier molecular flexibility index (Phi) is 3.52. The van der Waals surface area contributed by atoms with Gasteiger partial charge in [0.25, 0.3) is 5.69 Å². The molecule has 7 heteroatoms. The second-order valence-electron chi connectivity index (χ2n) is 3.66. The summed E-state index contributed by atoms with van der Waals surface area (Å²) < 4.78 is 18.5. The van der Waals surface area contributed by atoms with E-state index in [2.05, 4.69) is 0 Å². The molecule has 0 aromatic heterocycles. The molecule has 2 N–H and O–H groups in total. The van der Waals surface area contributed by atoms with Gasteiger partial charge in [-0.2, -0.15) is 0 Å². The van der Waals surface area contributed by atoms with Crippen LogP contribution in [0.3, 0.4) is 0 Å². The van der Waals surface area contributed by atoms with Crippen molar-refractivity contribution in [1.29, 1.82) is 0 Å². The summed E-state index contributed by atoms with van der Waals surface area (Å²) >= 11 is 5.54. The molecule has 5 nitrogen and oxygen atoms in total. The molecule has 0 atom stereocenters. The average molecular weight is 283 g/mol. The number of nitrogen functional groups attached to an aromatic ring is 1. The fourth-order valence-electron chi connectivity index (χ4n) is 1.44. The van der Waals surface area contributed by atoms with Crippen molar-refractivity contribution in [2.45, 2.75) is 0 Å². The zero-order valence-electron chi connectivity index (χ0n) is 9.47. The van der Waals surface area contributed by atoms with Gasteiger partial charge in [-0.3, -0.25) is 10.1 Å². The van der Waals surface area contributed by atoms with Gasteiger partial charge in [0.1, 0.15) is 23.0 Å². The van der Waals surface area contributed by atoms with Gasteiger partial charge < -0.3 is 10.5 Å². The van der Waals surface area contributed by atoms with Gasteiger partial charge in [-0.05, 0) is 18.2 Å². The molecule has 2 aromatic carbocycles. The summed E-state index contributed by atoms with van der Waals surface area (Å²) in [6, 6.07) is 7.83. The van der Waals surface area contributed by atoms with E-state index in [4.69, 9.17) is 22.1 Å². The van der Waals surface area contributed by atoms with E-state index in [0.29, 0.717) is 0 Å². The number of hydrogen-bond acceptors (Lipinski definition) is 4. The lowest BCUT2D eigenvalue weighted by Crippen LogP contribution is -1.96. The predicted molar refractivity (Wildman–Crippen MR) is 69.0 cm³/mol. The SMILES string of the molecule is Nc1cc(Oc2ccc(Cl)c(F)c2)ccc1[N+](=O)[O-]. The maximum atomic E-state index is 13.2. The predicted octanol–water partition coefficient (Wildman–Crippen LogP) is 3.76. The van der Waals surface area contributed by atoms with Crippen molar-refractivity contribution in [2.75, 3.05) is 5.73 Å². The number of hydrogen-bond donors (Lipinski definition) is 1. The molecule has 0 aliphatic carbocycles. The molecule has 0 fully saturated rings. The zero-order valence-corrected chi connectivity index (χ0v) is 10.2. The van der Waals surface area contributed by atoms with Crippen LogP contribution in [0.4, 0.5) is 15.8 Å². The molecule has 2 aromatic rings. The minimum absolute atomic E-state index is 0.0180. The van der Waals surface area contributed by atoms with Crippen molar-refractivity contribution in [2.24, 2.45) is 0 Å². The molecule has 0 radical (unpaired) electrons. The molecule has 0 spiro atoms. The van der Waals surface area contributed by atoms with Crippen LogP contribution in [0.2, 0.25) is 5.02 Å². The molecule has 0 bridgehead atoms. The minimum atomic E-state index is -0.617. The number of nitro groups is 1. The Morgan fingerprint density at radius 1 is 1.21 bits per heavy atom.